The summed E-state index contributed by atoms with van der Waals surface area (Å²) in [6, 6.07) is 0.379. The topological polar surface area (TPSA) is 34.1 Å². The van der Waals surface area contributed by atoms with Crippen molar-refractivity contribution in [2.24, 2.45) is 0 Å². The highest BCUT2D eigenvalue weighted by molar-refractivity contribution is 7.11. The van der Waals surface area contributed by atoms with Gasteiger partial charge in [-0.05, 0) is 27.2 Å². The van der Waals surface area contributed by atoms with Crippen LogP contribution in [0.25, 0.3) is 0 Å². The molecule has 1 aromatic rings. The molecule has 0 bridgehead atoms. The Hall–Kier alpha value is -0.450. The number of hydrogen-bond acceptors (Lipinski definition) is 4. The molecule has 0 aliphatic rings. The lowest BCUT2D eigenvalue weighted by Crippen LogP contribution is -2.45. The maximum absolute atomic E-state index is 5.20. The Morgan fingerprint density at radius 3 is 2.69 bits per heavy atom. The number of nitrogens with zero attached hydrogens (tertiary/aromatic N) is 1. The SMILES string of the molecule is CCC(COC)NC(C)(C)c1ncc(C)s1. The summed E-state index contributed by atoms with van der Waals surface area (Å²) < 4.78 is 5.20. The van der Waals surface area contributed by atoms with Gasteiger partial charge in [-0.2, -0.15) is 0 Å². The highest BCUT2D eigenvalue weighted by Crippen LogP contribution is 2.25. The molecule has 0 amide bonds. The van der Waals surface area contributed by atoms with Crippen molar-refractivity contribution in [1.29, 1.82) is 0 Å². The largest absolute Gasteiger partial charge is 0.383 e. The van der Waals surface area contributed by atoms with E-state index >= 15 is 0 Å². The maximum Gasteiger partial charge on any atom is 0.112 e. The van der Waals surface area contributed by atoms with E-state index < -0.39 is 0 Å². The highest BCUT2D eigenvalue weighted by Gasteiger charge is 2.26. The third-order valence-electron chi connectivity index (χ3n) is 2.58. The fourth-order valence-electron chi connectivity index (χ4n) is 1.68. The highest BCUT2D eigenvalue weighted by atomic mass is 32.1. The van der Waals surface area contributed by atoms with Gasteiger partial charge in [0, 0.05) is 24.2 Å². The van der Waals surface area contributed by atoms with Crippen LogP contribution in [0, 0.1) is 6.92 Å². The molecule has 4 heteroatoms. The van der Waals surface area contributed by atoms with E-state index in [-0.39, 0.29) is 5.54 Å². The van der Waals surface area contributed by atoms with Crippen LogP contribution in [-0.2, 0) is 10.3 Å². The fraction of sp³-hybridized carbons (Fsp3) is 0.750. The minimum absolute atomic E-state index is 0.0852. The van der Waals surface area contributed by atoms with Gasteiger partial charge in [-0.25, -0.2) is 4.98 Å². The average molecular weight is 242 g/mol. The quantitative estimate of drug-likeness (QED) is 0.833. The first-order valence-corrected chi connectivity index (χ1v) is 6.50. The summed E-state index contributed by atoms with van der Waals surface area (Å²) in [5, 5.41) is 4.73. The summed E-state index contributed by atoms with van der Waals surface area (Å²) in [7, 11) is 1.74. The van der Waals surface area contributed by atoms with E-state index in [4.69, 9.17) is 4.74 Å². The summed E-state index contributed by atoms with van der Waals surface area (Å²) in [4.78, 5) is 5.70. The molecule has 1 aromatic heterocycles. The van der Waals surface area contributed by atoms with Gasteiger partial charge in [0.1, 0.15) is 5.01 Å². The lowest BCUT2D eigenvalue weighted by atomic mass is 10.0. The molecular weight excluding hydrogens is 220 g/mol. The Morgan fingerprint density at radius 1 is 1.56 bits per heavy atom. The minimum atomic E-state index is -0.0852. The van der Waals surface area contributed by atoms with Crippen LogP contribution in [0.2, 0.25) is 0 Å². The average Bonchev–Trinajstić information content (AvgIpc) is 2.64. The van der Waals surface area contributed by atoms with Gasteiger partial charge in [-0.15, -0.1) is 11.3 Å². The molecule has 0 saturated carbocycles. The second kappa shape index (κ2) is 5.75. The van der Waals surface area contributed by atoms with Crippen molar-refractivity contribution in [1.82, 2.24) is 10.3 Å². The Bertz CT molecular complexity index is 323. The van der Waals surface area contributed by atoms with E-state index in [1.54, 1.807) is 18.4 Å². The monoisotopic (exact) mass is 242 g/mol. The van der Waals surface area contributed by atoms with Gasteiger partial charge in [-0.3, -0.25) is 0 Å². The van der Waals surface area contributed by atoms with E-state index in [1.165, 1.54) is 4.88 Å². The Kier molecular flexibility index (Phi) is 4.89. The summed E-state index contributed by atoms with van der Waals surface area (Å²) in [6.07, 6.45) is 2.99. The van der Waals surface area contributed by atoms with Crippen molar-refractivity contribution in [3.05, 3.63) is 16.1 Å². The molecule has 16 heavy (non-hydrogen) atoms. The molecule has 0 saturated heterocycles. The number of hydrogen-bond donors (Lipinski definition) is 1. The molecule has 0 radical (unpaired) electrons. The standard InChI is InChI=1S/C12H22N2OS/c1-6-10(8-15-5)14-12(3,4)11-13-7-9(2)16-11/h7,10,14H,6,8H2,1-5H3. The van der Waals surface area contributed by atoms with E-state index in [9.17, 15) is 0 Å². The molecular formula is C12H22N2OS. The molecule has 1 rings (SSSR count). The van der Waals surface area contributed by atoms with Gasteiger partial charge in [0.25, 0.3) is 0 Å². The van der Waals surface area contributed by atoms with Crippen LogP contribution >= 0.6 is 11.3 Å². The van der Waals surface area contributed by atoms with Gasteiger partial charge >= 0.3 is 0 Å². The zero-order chi connectivity index (χ0) is 12.2. The van der Waals surface area contributed by atoms with E-state index in [0.717, 1.165) is 18.0 Å². The fourth-order valence-corrected chi connectivity index (χ4v) is 2.51. The Morgan fingerprint density at radius 2 is 2.25 bits per heavy atom. The third kappa shape index (κ3) is 3.54. The number of methoxy groups -OCH3 is 1. The smallest absolute Gasteiger partial charge is 0.112 e. The first kappa shape index (κ1) is 13.6. The minimum Gasteiger partial charge on any atom is -0.383 e. The summed E-state index contributed by atoms with van der Waals surface area (Å²) in [5.74, 6) is 0. The van der Waals surface area contributed by atoms with E-state index in [0.29, 0.717) is 6.04 Å². The summed E-state index contributed by atoms with van der Waals surface area (Å²) in [6.45, 7) is 9.33. The molecule has 0 spiro atoms. The van der Waals surface area contributed by atoms with Gasteiger partial charge in [0.05, 0.1) is 12.1 Å². The van der Waals surface area contributed by atoms with Crippen LogP contribution in [0.1, 0.15) is 37.1 Å². The van der Waals surface area contributed by atoms with Crippen LogP contribution in [0.3, 0.4) is 0 Å². The molecule has 0 aliphatic carbocycles. The van der Waals surface area contributed by atoms with Crippen molar-refractivity contribution >= 4 is 11.3 Å². The molecule has 1 unspecified atom stereocenters. The third-order valence-corrected chi connectivity index (χ3v) is 3.82. The number of ether oxygens (including phenoxy) is 1. The van der Waals surface area contributed by atoms with Crippen LogP contribution in [-0.4, -0.2) is 24.7 Å². The lowest BCUT2D eigenvalue weighted by Gasteiger charge is -2.29. The number of aryl methyl sites for hydroxylation is 1. The molecule has 3 nitrogen and oxygen atoms in total. The first-order valence-electron chi connectivity index (χ1n) is 5.69. The van der Waals surface area contributed by atoms with Gasteiger partial charge in [0.2, 0.25) is 0 Å². The van der Waals surface area contributed by atoms with Gasteiger partial charge in [0.15, 0.2) is 0 Å². The number of thiazole rings is 1. The van der Waals surface area contributed by atoms with Gasteiger partial charge in [-0.1, -0.05) is 6.92 Å². The predicted octanol–water partition coefficient (Wildman–Crippen LogP) is 2.70. The zero-order valence-electron chi connectivity index (χ0n) is 10.8. The van der Waals surface area contributed by atoms with Crippen molar-refractivity contribution in [2.45, 2.75) is 45.7 Å². The number of aromatic nitrogens is 1. The van der Waals surface area contributed by atoms with Crippen LogP contribution in [0.4, 0.5) is 0 Å². The molecule has 92 valence electrons. The van der Waals surface area contributed by atoms with Crippen molar-refractivity contribution in [2.75, 3.05) is 13.7 Å². The zero-order valence-corrected chi connectivity index (χ0v) is 11.6. The van der Waals surface area contributed by atoms with Crippen molar-refractivity contribution in [3.63, 3.8) is 0 Å². The van der Waals surface area contributed by atoms with Crippen LogP contribution in [0.5, 0.6) is 0 Å². The second-order valence-corrected chi connectivity index (χ2v) is 5.84. The van der Waals surface area contributed by atoms with Crippen molar-refractivity contribution < 1.29 is 4.74 Å². The van der Waals surface area contributed by atoms with Crippen LogP contribution < -0.4 is 5.32 Å². The molecule has 0 aliphatic heterocycles. The number of rotatable bonds is 6. The molecule has 1 heterocycles. The van der Waals surface area contributed by atoms with Crippen LogP contribution in [0.15, 0.2) is 6.20 Å². The van der Waals surface area contributed by atoms with Gasteiger partial charge < -0.3 is 10.1 Å². The summed E-state index contributed by atoms with van der Waals surface area (Å²) >= 11 is 1.75. The summed E-state index contributed by atoms with van der Waals surface area (Å²) in [5.41, 5.74) is -0.0852. The van der Waals surface area contributed by atoms with E-state index in [2.05, 4.69) is 38.0 Å². The maximum atomic E-state index is 5.20. The Balaban J connectivity index is 2.69. The predicted molar refractivity (Wildman–Crippen MR) is 69.0 cm³/mol. The van der Waals surface area contributed by atoms with E-state index in [1.807, 2.05) is 6.20 Å². The second-order valence-electron chi connectivity index (χ2n) is 4.61. The normalized spacial score (nSPS) is 14.1. The Labute approximate surface area is 102 Å². The molecule has 1 N–H and O–H groups in total. The first-order chi connectivity index (χ1) is 7.49. The molecule has 0 aromatic carbocycles. The molecule has 1 atom stereocenters. The molecule has 0 fully saturated rings. The van der Waals surface area contributed by atoms with Crippen molar-refractivity contribution in [3.8, 4) is 0 Å². The number of nitrogens with one attached hydrogen (secondary N) is 1. The lowest BCUT2D eigenvalue weighted by molar-refractivity contribution is 0.147.